The average Bonchev–Trinajstić information content (AvgIpc) is 1.97. The fourth-order valence-corrected chi connectivity index (χ4v) is 0.794. The lowest BCUT2D eigenvalue weighted by Crippen LogP contribution is -2.02. The molecular formula is C10H14BrNO. The minimum atomic E-state index is -0.0642. The molecule has 0 aromatic carbocycles. The average molecular weight is 244 g/mol. The van der Waals surface area contributed by atoms with E-state index in [2.05, 4.69) is 34.1 Å². The van der Waals surface area contributed by atoms with Gasteiger partial charge < -0.3 is 5.11 Å². The number of rotatable bonds is 3. The fourth-order valence-electron chi connectivity index (χ4n) is 0.616. The maximum Gasteiger partial charge on any atom is 0.134 e. The van der Waals surface area contributed by atoms with Crippen LogP contribution in [0.3, 0.4) is 0 Å². The molecule has 0 saturated carbocycles. The van der Waals surface area contributed by atoms with Crippen molar-refractivity contribution < 1.29 is 5.11 Å². The van der Waals surface area contributed by atoms with Crippen molar-refractivity contribution in [2.75, 3.05) is 0 Å². The minimum absolute atomic E-state index is 0.0642. The first-order valence-corrected chi connectivity index (χ1v) is 4.61. The zero-order valence-electron chi connectivity index (χ0n) is 8.19. The van der Waals surface area contributed by atoms with Crippen molar-refractivity contribution in [3.63, 3.8) is 0 Å². The predicted octanol–water partition coefficient (Wildman–Crippen LogP) is 3.72. The van der Waals surface area contributed by atoms with Gasteiger partial charge in [0.25, 0.3) is 0 Å². The van der Waals surface area contributed by atoms with Gasteiger partial charge in [-0.3, -0.25) is 0 Å². The summed E-state index contributed by atoms with van der Waals surface area (Å²) in [6, 6.07) is 0. The molecule has 0 aromatic heterocycles. The van der Waals surface area contributed by atoms with E-state index in [0.29, 0.717) is 15.9 Å². The van der Waals surface area contributed by atoms with Crippen molar-refractivity contribution in [3.05, 3.63) is 34.7 Å². The Morgan fingerprint density at radius 3 is 1.92 bits per heavy atom. The minimum Gasteiger partial charge on any atom is -0.506 e. The standard InChI is InChI=1S/C10H14BrNO/c1-6(2)9(8(5)13)12-10(11)7(3)4/h13H,1,5H2,2-4H3. The second-order valence-electron chi connectivity index (χ2n) is 2.98. The zero-order chi connectivity index (χ0) is 10.6. The Balaban J connectivity index is 5.08. The molecule has 3 heteroatoms. The van der Waals surface area contributed by atoms with Crippen LogP contribution in [0, 0.1) is 0 Å². The van der Waals surface area contributed by atoms with Crippen molar-refractivity contribution >= 4 is 21.6 Å². The highest BCUT2D eigenvalue weighted by atomic mass is 79.9. The zero-order valence-corrected chi connectivity index (χ0v) is 9.77. The highest BCUT2D eigenvalue weighted by molar-refractivity contribution is 9.11. The van der Waals surface area contributed by atoms with E-state index in [1.165, 1.54) is 0 Å². The number of hydrogen-bond acceptors (Lipinski definition) is 2. The molecule has 0 spiro atoms. The van der Waals surface area contributed by atoms with E-state index >= 15 is 0 Å². The smallest absolute Gasteiger partial charge is 0.134 e. The Kier molecular flexibility index (Phi) is 4.70. The molecule has 0 rings (SSSR count). The molecule has 0 heterocycles. The summed E-state index contributed by atoms with van der Waals surface area (Å²) in [4.78, 5) is 4.14. The van der Waals surface area contributed by atoms with Crippen LogP contribution in [0.5, 0.6) is 0 Å². The van der Waals surface area contributed by atoms with Crippen molar-refractivity contribution in [3.8, 4) is 0 Å². The summed E-state index contributed by atoms with van der Waals surface area (Å²) < 4.78 is 0.695. The second kappa shape index (κ2) is 5.02. The Morgan fingerprint density at radius 2 is 1.69 bits per heavy atom. The first-order chi connectivity index (χ1) is 5.86. The number of aliphatic imine (C=N–C) groups is 1. The first kappa shape index (κ1) is 12.2. The summed E-state index contributed by atoms with van der Waals surface area (Å²) in [5.74, 6) is -0.0642. The fraction of sp³-hybridized carbons (Fsp3) is 0.300. The molecule has 0 aliphatic heterocycles. The SMILES string of the molecule is C=C(C)C(=NC(Br)=C(C)C)C(=C)O. The number of aliphatic hydroxyl groups excluding tert-OH is 1. The molecule has 0 saturated heterocycles. The largest absolute Gasteiger partial charge is 0.506 e. The van der Waals surface area contributed by atoms with Gasteiger partial charge in [0.05, 0.1) is 0 Å². The molecule has 0 amide bonds. The van der Waals surface area contributed by atoms with E-state index in [1.54, 1.807) is 6.92 Å². The Morgan fingerprint density at radius 1 is 1.23 bits per heavy atom. The van der Waals surface area contributed by atoms with Crippen LogP contribution in [0.25, 0.3) is 0 Å². The van der Waals surface area contributed by atoms with Gasteiger partial charge in [0.2, 0.25) is 0 Å². The van der Waals surface area contributed by atoms with Gasteiger partial charge in [0.1, 0.15) is 16.1 Å². The Labute approximate surface area is 87.5 Å². The van der Waals surface area contributed by atoms with Crippen molar-refractivity contribution in [2.24, 2.45) is 4.99 Å². The monoisotopic (exact) mass is 243 g/mol. The molecule has 0 atom stereocenters. The normalized spacial score (nSPS) is 10.9. The predicted molar refractivity (Wildman–Crippen MR) is 61.3 cm³/mol. The van der Waals surface area contributed by atoms with Crippen LogP contribution in [-0.4, -0.2) is 10.8 Å². The molecule has 0 fully saturated rings. The summed E-state index contributed by atoms with van der Waals surface area (Å²) in [7, 11) is 0. The van der Waals surface area contributed by atoms with E-state index in [1.807, 2.05) is 13.8 Å². The third-order valence-electron chi connectivity index (χ3n) is 1.30. The third-order valence-corrected chi connectivity index (χ3v) is 2.27. The van der Waals surface area contributed by atoms with E-state index in [0.717, 1.165) is 5.57 Å². The molecule has 0 radical (unpaired) electrons. The summed E-state index contributed by atoms with van der Waals surface area (Å²) >= 11 is 3.28. The van der Waals surface area contributed by atoms with E-state index in [9.17, 15) is 5.11 Å². The summed E-state index contributed by atoms with van der Waals surface area (Å²) in [5, 5.41) is 9.18. The Bertz CT molecular complexity index is 280. The maximum absolute atomic E-state index is 9.18. The van der Waals surface area contributed by atoms with Gasteiger partial charge in [-0.25, -0.2) is 4.99 Å². The molecule has 13 heavy (non-hydrogen) atoms. The van der Waals surface area contributed by atoms with Gasteiger partial charge in [-0.05, 0) is 47.8 Å². The number of halogens is 1. The molecule has 72 valence electrons. The van der Waals surface area contributed by atoms with Crippen LogP contribution in [0.15, 0.2) is 39.7 Å². The summed E-state index contributed by atoms with van der Waals surface area (Å²) in [6.45, 7) is 12.7. The Hall–Kier alpha value is -0.830. The highest BCUT2D eigenvalue weighted by Gasteiger charge is 2.04. The van der Waals surface area contributed by atoms with Crippen molar-refractivity contribution in [1.29, 1.82) is 0 Å². The molecule has 0 aliphatic rings. The topological polar surface area (TPSA) is 32.6 Å². The molecule has 0 aromatic rings. The molecule has 0 aliphatic carbocycles. The van der Waals surface area contributed by atoms with Gasteiger partial charge >= 0.3 is 0 Å². The number of allylic oxidation sites excluding steroid dienone is 2. The molecule has 0 bridgehead atoms. The van der Waals surface area contributed by atoms with Crippen molar-refractivity contribution in [2.45, 2.75) is 20.8 Å². The molecule has 1 N–H and O–H groups in total. The van der Waals surface area contributed by atoms with Crippen LogP contribution in [0.1, 0.15) is 20.8 Å². The van der Waals surface area contributed by atoms with Gasteiger partial charge in [-0.15, -0.1) is 0 Å². The van der Waals surface area contributed by atoms with Gasteiger partial charge in [0.15, 0.2) is 0 Å². The van der Waals surface area contributed by atoms with Crippen LogP contribution < -0.4 is 0 Å². The van der Waals surface area contributed by atoms with Crippen LogP contribution in [-0.2, 0) is 0 Å². The quantitative estimate of drug-likeness (QED) is 0.458. The number of aliphatic hydroxyl groups is 1. The highest BCUT2D eigenvalue weighted by Crippen LogP contribution is 2.15. The maximum atomic E-state index is 9.18. The first-order valence-electron chi connectivity index (χ1n) is 3.82. The lowest BCUT2D eigenvalue weighted by Gasteiger charge is -2.03. The van der Waals surface area contributed by atoms with Crippen LogP contribution >= 0.6 is 15.9 Å². The van der Waals surface area contributed by atoms with E-state index in [-0.39, 0.29) is 5.76 Å². The summed E-state index contributed by atoms with van der Waals surface area (Å²) in [5.41, 5.74) is 2.14. The van der Waals surface area contributed by atoms with E-state index < -0.39 is 0 Å². The van der Waals surface area contributed by atoms with Gasteiger partial charge in [-0.1, -0.05) is 13.2 Å². The van der Waals surface area contributed by atoms with Gasteiger partial charge in [0, 0.05) is 0 Å². The van der Waals surface area contributed by atoms with E-state index in [4.69, 9.17) is 0 Å². The third kappa shape index (κ3) is 4.08. The van der Waals surface area contributed by atoms with Gasteiger partial charge in [-0.2, -0.15) is 0 Å². The number of hydrogen-bond donors (Lipinski definition) is 1. The number of nitrogens with zero attached hydrogens (tertiary/aromatic N) is 1. The van der Waals surface area contributed by atoms with Crippen molar-refractivity contribution in [1.82, 2.24) is 0 Å². The summed E-state index contributed by atoms with van der Waals surface area (Å²) in [6.07, 6.45) is 0. The second-order valence-corrected chi connectivity index (χ2v) is 3.73. The molecule has 0 unspecified atom stereocenters. The van der Waals surface area contributed by atoms with Crippen LogP contribution in [0.2, 0.25) is 0 Å². The molecular weight excluding hydrogens is 230 g/mol. The lowest BCUT2D eigenvalue weighted by molar-refractivity contribution is 0.446. The van der Waals surface area contributed by atoms with Crippen LogP contribution in [0.4, 0.5) is 0 Å². The molecule has 2 nitrogen and oxygen atoms in total. The lowest BCUT2D eigenvalue weighted by atomic mass is 10.2.